The number of aromatic nitrogens is 1. The van der Waals surface area contributed by atoms with E-state index < -0.39 is 0 Å². The highest BCUT2D eigenvalue weighted by Crippen LogP contribution is 2.16. The number of nitrogens with one attached hydrogen (secondary N) is 2. The van der Waals surface area contributed by atoms with Crippen molar-refractivity contribution in [1.82, 2.24) is 15.6 Å². The van der Waals surface area contributed by atoms with Gasteiger partial charge in [-0.15, -0.1) is 11.3 Å². The summed E-state index contributed by atoms with van der Waals surface area (Å²) >= 11 is 1.75. The predicted octanol–water partition coefficient (Wildman–Crippen LogP) is 1.45. The molecule has 1 aliphatic heterocycles. The molecule has 0 saturated carbocycles. The number of thiazole rings is 1. The minimum atomic E-state index is 0.546. The third kappa shape index (κ3) is 3.26. The van der Waals surface area contributed by atoms with Crippen molar-refractivity contribution in [2.45, 2.75) is 19.3 Å². The van der Waals surface area contributed by atoms with Gasteiger partial charge in [0.15, 0.2) is 0 Å². The van der Waals surface area contributed by atoms with Crippen molar-refractivity contribution in [3.05, 3.63) is 16.6 Å². The van der Waals surface area contributed by atoms with Gasteiger partial charge in [0.1, 0.15) is 0 Å². The van der Waals surface area contributed by atoms with E-state index in [4.69, 9.17) is 0 Å². The highest BCUT2D eigenvalue weighted by atomic mass is 32.1. The van der Waals surface area contributed by atoms with Crippen LogP contribution in [0.25, 0.3) is 0 Å². The van der Waals surface area contributed by atoms with Crippen LogP contribution >= 0.6 is 11.3 Å². The van der Waals surface area contributed by atoms with Gasteiger partial charge >= 0.3 is 0 Å². The van der Waals surface area contributed by atoms with Crippen molar-refractivity contribution in [3.63, 3.8) is 0 Å². The Bertz CT molecular complexity index is 269. The lowest BCUT2D eigenvalue weighted by atomic mass is 9.99. The Balaban J connectivity index is 1.57. The van der Waals surface area contributed by atoms with E-state index >= 15 is 0 Å². The number of rotatable bonds is 6. The van der Waals surface area contributed by atoms with Crippen LogP contribution in [0.3, 0.4) is 0 Å². The first-order chi connectivity index (χ1) is 7.36. The Labute approximate surface area is 95.3 Å². The molecule has 2 heterocycles. The van der Waals surface area contributed by atoms with E-state index in [1.54, 1.807) is 11.3 Å². The molecule has 1 unspecified atom stereocenters. The first-order valence-electron chi connectivity index (χ1n) is 5.67. The molecule has 4 heteroatoms. The summed E-state index contributed by atoms with van der Waals surface area (Å²) in [5.41, 5.74) is 0. The maximum atomic E-state index is 4.33. The summed E-state index contributed by atoms with van der Waals surface area (Å²) in [5.74, 6) is 1.46. The fraction of sp³-hybridized carbons (Fsp3) is 0.727. The van der Waals surface area contributed by atoms with E-state index in [2.05, 4.69) is 22.5 Å². The summed E-state index contributed by atoms with van der Waals surface area (Å²) in [6, 6.07) is 0. The molecule has 0 amide bonds. The third-order valence-electron chi connectivity index (χ3n) is 2.92. The normalized spacial score (nSPS) is 18.7. The maximum absolute atomic E-state index is 4.33. The number of nitrogens with zero attached hydrogens (tertiary/aromatic N) is 1. The quantitative estimate of drug-likeness (QED) is 0.720. The SMILES string of the molecule is CC(CNCCC1CNC1)c1nccs1. The molecule has 0 radical (unpaired) electrons. The Morgan fingerprint density at radius 1 is 1.67 bits per heavy atom. The molecule has 3 nitrogen and oxygen atoms in total. The van der Waals surface area contributed by atoms with Crippen molar-refractivity contribution in [1.29, 1.82) is 0 Å². The summed E-state index contributed by atoms with van der Waals surface area (Å²) < 4.78 is 0. The molecule has 1 atom stereocenters. The van der Waals surface area contributed by atoms with Gasteiger partial charge in [0, 0.05) is 24.0 Å². The van der Waals surface area contributed by atoms with Crippen LogP contribution in [0.15, 0.2) is 11.6 Å². The highest BCUT2D eigenvalue weighted by Gasteiger charge is 2.15. The van der Waals surface area contributed by atoms with Crippen LogP contribution in [0.1, 0.15) is 24.3 Å². The first kappa shape index (κ1) is 11.0. The molecule has 2 rings (SSSR count). The van der Waals surface area contributed by atoms with Crippen LogP contribution in [0.5, 0.6) is 0 Å². The van der Waals surface area contributed by atoms with E-state index in [9.17, 15) is 0 Å². The molecule has 2 N–H and O–H groups in total. The van der Waals surface area contributed by atoms with Gasteiger partial charge in [0.05, 0.1) is 5.01 Å². The van der Waals surface area contributed by atoms with Crippen molar-refractivity contribution < 1.29 is 0 Å². The second-order valence-electron chi connectivity index (χ2n) is 4.29. The molecule has 1 aromatic rings. The maximum Gasteiger partial charge on any atom is 0.0965 e. The zero-order valence-corrected chi connectivity index (χ0v) is 10.0. The molecular weight excluding hydrogens is 206 g/mol. The Hall–Kier alpha value is -0.450. The number of hydrogen-bond donors (Lipinski definition) is 2. The van der Waals surface area contributed by atoms with Crippen molar-refractivity contribution >= 4 is 11.3 Å². The Morgan fingerprint density at radius 3 is 3.13 bits per heavy atom. The lowest BCUT2D eigenvalue weighted by molar-refractivity contribution is 0.322. The van der Waals surface area contributed by atoms with E-state index in [0.717, 1.165) is 19.0 Å². The third-order valence-corrected chi connectivity index (χ3v) is 3.93. The summed E-state index contributed by atoms with van der Waals surface area (Å²) in [5, 5.41) is 10.1. The average molecular weight is 225 g/mol. The van der Waals surface area contributed by atoms with Crippen LogP contribution in [0.4, 0.5) is 0 Å². The zero-order valence-electron chi connectivity index (χ0n) is 9.20. The molecule has 84 valence electrons. The standard InChI is InChI=1S/C11H19N3S/c1-9(11-14-4-5-15-11)6-12-3-2-10-7-13-8-10/h4-5,9-10,12-13H,2-3,6-8H2,1H3. The molecule has 0 spiro atoms. The molecular formula is C11H19N3S. The minimum Gasteiger partial charge on any atom is -0.316 e. The monoisotopic (exact) mass is 225 g/mol. The van der Waals surface area contributed by atoms with E-state index in [0.29, 0.717) is 5.92 Å². The molecule has 1 aliphatic rings. The van der Waals surface area contributed by atoms with Gasteiger partial charge in [-0.1, -0.05) is 6.92 Å². The fourth-order valence-electron chi connectivity index (χ4n) is 1.74. The molecule has 1 aromatic heterocycles. The van der Waals surface area contributed by atoms with E-state index in [-0.39, 0.29) is 0 Å². The first-order valence-corrected chi connectivity index (χ1v) is 6.55. The highest BCUT2D eigenvalue weighted by molar-refractivity contribution is 7.09. The van der Waals surface area contributed by atoms with Crippen LogP contribution in [0, 0.1) is 5.92 Å². The molecule has 1 fully saturated rings. The van der Waals surface area contributed by atoms with Crippen molar-refractivity contribution in [2.24, 2.45) is 5.92 Å². The van der Waals surface area contributed by atoms with Gasteiger partial charge in [-0.05, 0) is 32.0 Å². The van der Waals surface area contributed by atoms with Gasteiger partial charge in [-0.2, -0.15) is 0 Å². The minimum absolute atomic E-state index is 0.546. The van der Waals surface area contributed by atoms with Gasteiger partial charge in [-0.25, -0.2) is 4.98 Å². The van der Waals surface area contributed by atoms with Gasteiger partial charge in [0.2, 0.25) is 0 Å². The van der Waals surface area contributed by atoms with Crippen LogP contribution in [0.2, 0.25) is 0 Å². The summed E-state index contributed by atoms with van der Waals surface area (Å²) in [6.45, 7) is 6.85. The van der Waals surface area contributed by atoms with E-state index in [1.807, 2.05) is 11.6 Å². The average Bonchev–Trinajstić information content (AvgIpc) is 2.67. The largest absolute Gasteiger partial charge is 0.316 e. The topological polar surface area (TPSA) is 37.0 Å². The Morgan fingerprint density at radius 2 is 2.53 bits per heavy atom. The smallest absolute Gasteiger partial charge is 0.0965 e. The van der Waals surface area contributed by atoms with Gasteiger partial charge in [0.25, 0.3) is 0 Å². The summed E-state index contributed by atoms with van der Waals surface area (Å²) in [6.07, 6.45) is 3.19. The zero-order chi connectivity index (χ0) is 10.5. The molecule has 1 saturated heterocycles. The molecule has 15 heavy (non-hydrogen) atoms. The van der Waals surface area contributed by atoms with Gasteiger partial charge in [-0.3, -0.25) is 0 Å². The molecule has 0 bridgehead atoms. The van der Waals surface area contributed by atoms with Crippen LogP contribution in [-0.4, -0.2) is 31.2 Å². The molecule has 0 aliphatic carbocycles. The predicted molar refractivity (Wildman–Crippen MR) is 64.4 cm³/mol. The van der Waals surface area contributed by atoms with Crippen molar-refractivity contribution in [2.75, 3.05) is 26.2 Å². The second kappa shape index (κ2) is 5.58. The fourth-order valence-corrected chi connectivity index (χ4v) is 2.44. The summed E-state index contributed by atoms with van der Waals surface area (Å²) in [7, 11) is 0. The van der Waals surface area contributed by atoms with Crippen LogP contribution < -0.4 is 10.6 Å². The number of hydrogen-bond acceptors (Lipinski definition) is 4. The molecule has 0 aromatic carbocycles. The second-order valence-corrected chi connectivity index (χ2v) is 5.21. The van der Waals surface area contributed by atoms with E-state index in [1.165, 1.54) is 24.5 Å². The summed E-state index contributed by atoms with van der Waals surface area (Å²) in [4.78, 5) is 4.33. The van der Waals surface area contributed by atoms with Gasteiger partial charge < -0.3 is 10.6 Å². The Kier molecular flexibility index (Phi) is 4.11. The van der Waals surface area contributed by atoms with Crippen molar-refractivity contribution in [3.8, 4) is 0 Å². The lowest BCUT2D eigenvalue weighted by Gasteiger charge is -2.27. The van der Waals surface area contributed by atoms with Crippen LogP contribution in [-0.2, 0) is 0 Å². The lowest BCUT2D eigenvalue weighted by Crippen LogP contribution is -2.43.